The molecule has 4 aromatic rings. The molecule has 0 radical (unpaired) electrons. The third-order valence-electron chi connectivity index (χ3n) is 6.68. The van der Waals surface area contributed by atoms with Gasteiger partial charge in [-0.2, -0.15) is 0 Å². The number of hydrogen-bond acceptors (Lipinski definition) is 5. The number of carbonyl (C=O) groups excluding carboxylic acids is 1. The number of aliphatic hydroxyl groups excluding tert-OH is 1. The Morgan fingerprint density at radius 2 is 1.89 bits per heavy atom. The topological polar surface area (TPSA) is 90.7 Å². The van der Waals surface area contributed by atoms with Crippen molar-refractivity contribution in [3.63, 3.8) is 0 Å². The maximum absolute atomic E-state index is 12.5. The Kier molecular flexibility index (Phi) is 7.44. The van der Waals surface area contributed by atoms with Crippen LogP contribution in [0.25, 0.3) is 20.8 Å². The van der Waals surface area contributed by atoms with Crippen molar-refractivity contribution in [1.29, 1.82) is 0 Å². The average molecular weight is 513 g/mol. The molecule has 0 spiro atoms. The molecule has 5 rings (SSSR count). The minimum atomic E-state index is -0.950. The van der Waals surface area contributed by atoms with Crippen molar-refractivity contribution < 1.29 is 19.8 Å². The summed E-state index contributed by atoms with van der Waals surface area (Å²) in [5, 5.41) is 20.7. The Labute approximate surface area is 219 Å². The van der Waals surface area contributed by atoms with Gasteiger partial charge in [-0.25, -0.2) is 9.78 Å². The number of para-hydroxylation sites is 1. The quantitative estimate of drug-likeness (QED) is 0.295. The molecule has 1 aliphatic rings. The van der Waals surface area contributed by atoms with E-state index < -0.39 is 12.1 Å². The molecule has 0 aliphatic carbocycles. The number of carboxylic acid groups (broad SMARTS) is 1. The number of aromatic carboxylic acids is 1. The molecule has 2 heterocycles. The van der Waals surface area contributed by atoms with Crippen LogP contribution in [0, 0.1) is 0 Å². The highest BCUT2D eigenvalue weighted by molar-refractivity contribution is 7.21. The van der Waals surface area contributed by atoms with Gasteiger partial charge < -0.3 is 15.1 Å². The van der Waals surface area contributed by atoms with E-state index in [0.717, 1.165) is 38.3 Å². The van der Waals surface area contributed by atoms with Gasteiger partial charge in [0.1, 0.15) is 5.01 Å². The van der Waals surface area contributed by atoms with Crippen molar-refractivity contribution in [3.05, 3.63) is 102 Å². The van der Waals surface area contributed by atoms with Gasteiger partial charge in [-0.15, -0.1) is 11.3 Å². The van der Waals surface area contributed by atoms with Gasteiger partial charge in [0, 0.05) is 24.9 Å². The molecule has 37 heavy (non-hydrogen) atoms. The number of fused-ring (bicyclic) bond motifs is 1. The number of thiazole rings is 1. The molecule has 1 saturated heterocycles. The standard InChI is InChI=1S/C30H28N2O4S/c33-25(19-21-4-3-5-23(18-21)29-31-26-6-1-2-7-27(26)37-29)14-12-24-13-15-28(34)32(24)17-16-20-8-10-22(11-9-20)30(35)36/h1-12,14,18,24-25,33H,13,15-17,19H2,(H,35,36)/t24-,25+/m0/s1. The van der Waals surface area contributed by atoms with E-state index in [1.165, 1.54) is 0 Å². The van der Waals surface area contributed by atoms with Crippen molar-refractivity contribution in [1.82, 2.24) is 9.88 Å². The van der Waals surface area contributed by atoms with E-state index >= 15 is 0 Å². The van der Waals surface area contributed by atoms with Crippen molar-refractivity contribution in [2.45, 2.75) is 37.8 Å². The van der Waals surface area contributed by atoms with E-state index in [1.54, 1.807) is 41.7 Å². The first-order valence-corrected chi connectivity index (χ1v) is 13.2. The smallest absolute Gasteiger partial charge is 0.335 e. The number of hydrogen-bond donors (Lipinski definition) is 2. The molecular weight excluding hydrogens is 484 g/mol. The predicted octanol–water partition coefficient (Wildman–Crippen LogP) is 5.35. The number of rotatable bonds is 9. The summed E-state index contributed by atoms with van der Waals surface area (Å²) < 4.78 is 1.15. The SMILES string of the molecule is O=C(O)c1ccc(CCN2C(=O)CC[C@@H]2C=C[C@@H](O)Cc2cccc(-c3nc4ccccc4s3)c2)cc1. The number of aromatic nitrogens is 1. The molecule has 2 N–H and O–H groups in total. The lowest BCUT2D eigenvalue weighted by Crippen LogP contribution is -2.33. The summed E-state index contributed by atoms with van der Waals surface area (Å²) in [6.45, 7) is 0.556. The van der Waals surface area contributed by atoms with Crippen LogP contribution in [0.2, 0.25) is 0 Å². The van der Waals surface area contributed by atoms with Crippen LogP contribution >= 0.6 is 11.3 Å². The normalized spacial score (nSPS) is 16.6. The van der Waals surface area contributed by atoms with Crippen LogP contribution in [0.1, 0.15) is 34.3 Å². The Morgan fingerprint density at radius 1 is 1.08 bits per heavy atom. The van der Waals surface area contributed by atoms with Gasteiger partial charge in [0.25, 0.3) is 0 Å². The minimum absolute atomic E-state index is 0.0467. The van der Waals surface area contributed by atoms with Crippen LogP contribution in [0.5, 0.6) is 0 Å². The fourth-order valence-corrected chi connectivity index (χ4v) is 5.66. The van der Waals surface area contributed by atoms with E-state index in [1.807, 2.05) is 47.4 Å². The number of benzene rings is 3. The number of aliphatic hydroxyl groups is 1. The molecule has 188 valence electrons. The Hall–Kier alpha value is -3.81. The lowest BCUT2D eigenvalue weighted by molar-refractivity contribution is -0.128. The zero-order valence-electron chi connectivity index (χ0n) is 20.3. The molecular formula is C30H28N2O4S. The molecule has 1 aromatic heterocycles. The van der Waals surface area contributed by atoms with Gasteiger partial charge in [-0.05, 0) is 54.3 Å². The highest BCUT2D eigenvalue weighted by Gasteiger charge is 2.28. The predicted molar refractivity (Wildman–Crippen MR) is 146 cm³/mol. The summed E-state index contributed by atoms with van der Waals surface area (Å²) >= 11 is 1.66. The van der Waals surface area contributed by atoms with Gasteiger partial charge in [0.15, 0.2) is 0 Å². The lowest BCUT2D eigenvalue weighted by atomic mass is 10.0. The third-order valence-corrected chi connectivity index (χ3v) is 7.77. The number of carbonyl (C=O) groups is 2. The Morgan fingerprint density at radius 3 is 2.68 bits per heavy atom. The molecule has 7 heteroatoms. The Bertz CT molecular complexity index is 1410. The van der Waals surface area contributed by atoms with E-state index in [9.17, 15) is 14.7 Å². The van der Waals surface area contributed by atoms with E-state index in [-0.39, 0.29) is 17.5 Å². The Balaban J connectivity index is 1.20. The second kappa shape index (κ2) is 11.1. The molecule has 3 aromatic carbocycles. The first-order valence-electron chi connectivity index (χ1n) is 12.4. The zero-order chi connectivity index (χ0) is 25.8. The first-order chi connectivity index (χ1) is 18.0. The summed E-state index contributed by atoms with van der Waals surface area (Å²) in [5.41, 5.74) is 4.29. The zero-order valence-corrected chi connectivity index (χ0v) is 21.1. The third kappa shape index (κ3) is 5.96. The maximum Gasteiger partial charge on any atom is 0.335 e. The molecule has 0 saturated carbocycles. The highest BCUT2D eigenvalue weighted by atomic mass is 32.1. The largest absolute Gasteiger partial charge is 0.478 e. The summed E-state index contributed by atoms with van der Waals surface area (Å²) in [5.74, 6) is -0.844. The lowest BCUT2D eigenvalue weighted by Gasteiger charge is -2.23. The average Bonchev–Trinajstić information content (AvgIpc) is 3.50. The summed E-state index contributed by atoms with van der Waals surface area (Å²) in [4.78, 5) is 30.1. The van der Waals surface area contributed by atoms with Crippen molar-refractivity contribution in [2.24, 2.45) is 0 Å². The minimum Gasteiger partial charge on any atom is -0.478 e. The van der Waals surface area contributed by atoms with Crippen molar-refractivity contribution >= 4 is 33.4 Å². The molecule has 0 bridgehead atoms. The number of nitrogens with zero attached hydrogens (tertiary/aromatic N) is 2. The van der Waals surface area contributed by atoms with Gasteiger partial charge in [0.05, 0.1) is 27.9 Å². The van der Waals surface area contributed by atoms with Crippen LogP contribution in [0.15, 0.2) is 84.9 Å². The van der Waals surface area contributed by atoms with E-state index in [2.05, 4.69) is 12.1 Å². The van der Waals surface area contributed by atoms with Crippen LogP contribution in [-0.4, -0.2) is 50.7 Å². The number of carboxylic acids is 1. The molecule has 1 amide bonds. The van der Waals surface area contributed by atoms with Crippen LogP contribution in [0.4, 0.5) is 0 Å². The molecule has 2 atom stereocenters. The molecule has 1 fully saturated rings. The number of likely N-dealkylation sites (tertiary alicyclic amines) is 1. The maximum atomic E-state index is 12.5. The van der Waals surface area contributed by atoms with Gasteiger partial charge in [-0.3, -0.25) is 4.79 Å². The summed E-state index contributed by atoms with van der Waals surface area (Å²) in [6.07, 6.45) is 5.43. The number of amides is 1. The molecule has 0 unspecified atom stereocenters. The second-order valence-corrected chi connectivity index (χ2v) is 10.3. The monoisotopic (exact) mass is 512 g/mol. The molecule has 6 nitrogen and oxygen atoms in total. The second-order valence-electron chi connectivity index (χ2n) is 9.29. The van der Waals surface area contributed by atoms with Gasteiger partial charge in [0.2, 0.25) is 5.91 Å². The highest BCUT2D eigenvalue weighted by Crippen LogP contribution is 2.30. The van der Waals surface area contributed by atoms with Crippen LogP contribution in [-0.2, 0) is 17.6 Å². The fraction of sp³-hybridized carbons (Fsp3) is 0.233. The van der Waals surface area contributed by atoms with Crippen LogP contribution < -0.4 is 0 Å². The first kappa shape index (κ1) is 24.9. The fourth-order valence-electron chi connectivity index (χ4n) is 4.70. The van der Waals surface area contributed by atoms with Crippen molar-refractivity contribution in [2.75, 3.05) is 6.54 Å². The van der Waals surface area contributed by atoms with E-state index in [0.29, 0.717) is 25.8 Å². The van der Waals surface area contributed by atoms with Crippen molar-refractivity contribution in [3.8, 4) is 10.6 Å². The van der Waals surface area contributed by atoms with E-state index in [4.69, 9.17) is 10.1 Å². The summed E-state index contributed by atoms with van der Waals surface area (Å²) in [6, 6.07) is 22.9. The summed E-state index contributed by atoms with van der Waals surface area (Å²) in [7, 11) is 0. The van der Waals surface area contributed by atoms with Gasteiger partial charge in [-0.1, -0.05) is 54.6 Å². The van der Waals surface area contributed by atoms with Gasteiger partial charge >= 0.3 is 5.97 Å². The van der Waals surface area contributed by atoms with Crippen LogP contribution in [0.3, 0.4) is 0 Å². The molecule has 1 aliphatic heterocycles.